The van der Waals surface area contributed by atoms with Crippen LogP contribution in [0.2, 0.25) is 0 Å². The Kier molecular flexibility index (Phi) is 6.32. The summed E-state index contributed by atoms with van der Waals surface area (Å²) >= 11 is 0. The number of carbonyl (C=O) groups excluding carboxylic acids is 1. The number of piperidine rings is 1. The number of nitrogens with zero attached hydrogens (tertiary/aromatic N) is 3. The predicted molar refractivity (Wildman–Crippen MR) is 101 cm³/mol. The minimum Gasteiger partial charge on any atom is -0.455 e. The highest BCUT2D eigenvalue weighted by atomic mass is 16.6. The minimum absolute atomic E-state index is 0.0000796. The zero-order valence-electron chi connectivity index (χ0n) is 15.0. The van der Waals surface area contributed by atoms with Gasteiger partial charge in [-0.1, -0.05) is 18.6 Å². The van der Waals surface area contributed by atoms with Gasteiger partial charge in [0.25, 0.3) is 5.69 Å². The first-order valence-electron chi connectivity index (χ1n) is 9.01. The van der Waals surface area contributed by atoms with Crippen molar-refractivity contribution < 1.29 is 14.1 Å². The Hall–Kier alpha value is -3.00. The largest absolute Gasteiger partial charge is 0.455 e. The smallest absolute Gasteiger partial charge is 0.270 e. The standard InChI is InChI=1S/C19H22N4O4/c24-19(9-12-22-10-2-1-3-11-22)21-20-14-17-7-8-18(27-17)15-5-4-6-16(13-15)23(25)26/h4-8,13-14H,1-3,9-12H2,(H,21,24)/b20-14+. The third-order valence-corrected chi connectivity index (χ3v) is 4.45. The Labute approximate surface area is 157 Å². The third-order valence-electron chi connectivity index (χ3n) is 4.45. The molecule has 0 radical (unpaired) electrons. The summed E-state index contributed by atoms with van der Waals surface area (Å²) in [5.74, 6) is 0.812. The number of carbonyl (C=O) groups is 1. The SMILES string of the molecule is O=C(CCN1CCCCC1)N/N=C/c1ccc(-c2cccc([N+](=O)[O-])c2)o1. The van der Waals surface area contributed by atoms with Gasteiger partial charge in [-0.15, -0.1) is 0 Å². The second kappa shape index (κ2) is 9.09. The van der Waals surface area contributed by atoms with Gasteiger partial charge >= 0.3 is 0 Å². The molecule has 0 unspecified atom stereocenters. The monoisotopic (exact) mass is 370 g/mol. The van der Waals surface area contributed by atoms with Crippen LogP contribution in [0.4, 0.5) is 5.69 Å². The van der Waals surface area contributed by atoms with Crippen LogP contribution in [0.3, 0.4) is 0 Å². The number of hydrogen-bond donors (Lipinski definition) is 1. The van der Waals surface area contributed by atoms with Crippen molar-refractivity contribution in [2.75, 3.05) is 19.6 Å². The van der Waals surface area contributed by atoms with Gasteiger partial charge in [0.15, 0.2) is 0 Å². The van der Waals surface area contributed by atoms with Gasteiger partial charge in [-0.3, -0.25) is 14.9 Å². The number of hydrogen-bond acceptors (Lipinski definition) is 6. The molecule has 8 nitrogen and oxygen atoms in total. The highest BCUT2D eigenvalue weighted by Crippen LogP contribution is 2.25. The van der Waals surface area contributed by atoms with E-state index in [9.17, 15) is 14.9 Å². The van der Waals surface area contributed by atoms with E-state index in [4.69, 9.17) is 4.42 Å². The van der Waals surface area contributed by atoms with Crippen LogP contribution in [0.25, 0.3) is 11.3 Å². The van der Waals surface area contributed by atoms with Crippen LogP contribution in [0.1, 0.15) is 31.4 Å². The van der Waals surface area contributed by atoms with E-state index < -0.39 is 4.92 Å². The molecule has 2 heterocycles. The zero-order chi connectivity index (χ0) is 19.1. The Morgan fingerprint density at radius 3 is 2.85 bits per heavy atom. The molecule has 1 fully saturated rings. The van der Waals surface area contributed by atoms with E-state index in [1.807, 2.05) is 0 Å². The summed E-state index contributed by atoms with van der Waals surface area (Å²) in [7, 11) is 0. The molecule has 0 atom stereocenters. The number of nitro groups is 1. The van der Waals surface area contributed by atoms with Crippen LogP contribution in [0, 0.1) is 10.1 Å². The molecule has 2 aromatic rings. The molecule has 0 saturated carbocycles. The number of hydrazone groups is 1. The Morgan fingerprint density at radius 1 is 1.26 bits per heavy atom. The molecule has 0 spiro atoms. The molecule has 0 aliphatic carbocycles. The number of rotatable bonds is 7. The van der Waals surface area contributed by atoms with E-state index in [1.165, 1.54) is 37.6 Å². The maximum Gasteiger partial charge on any atom is 0.270 e. The first-order chi connectivity index (χ1) is 13.1. The van der Waals surface area contributed by atoms with Gasteiger partial charge in [-0.25, -0.2) is 5.43 Å². The van der Waals surface area contributed by atoms with Crippen LogP contribution in [0.15, 0.2) is 45.9 Å². The van der Waals surface area contributed by atoms with E-state index >= 15 is 0 Å². The number of amides is 1. The van der Waals surface area contributed by atoms with E-state index in [0.29, 0.717) is 23.5 Å². The van der Waals surface area contributed by atoms with Crippen LogP contribution in [-0.4, -0.2) is 41.6 Å². The Balaban J connectivity index is 1.50. The molecule has 1 N–H and O–H groups in total. The summed E-state index contributed by atoms with van der Waals surface area (Å²) in [6, 6.07) is 9.61. The first-order valence-corrected chi connectivity index (χ1v) is 9.01. The van der Waals surface area contributed by atoms with Gasteiger partial charge in [0.05, 0.1) is 11.1 Å². The molecule has 1 aliphatic heterocycles. The molecule has 1 aliphatic rings. The summed E-state index contributed by atoms with van der Waals surface area (Å²) < 4.78 is 5.61. The number of likely N-dealkylation sites (tertiary alicyclic amines) is 1. The van der Waals surface area contributed by atoms with E-state index in [0.717, 1.165) is 19.6 Å². The average Bonchev–Trinajstić information content (AvgIpc) is 3.16. The van der Waals surface area contributed by atoms with Gasteiger partial charge < -0.3 is 9.32 Å². The summed E-state index contributed by atoms with van der Waals surface area (Å²) in [5.41, 5.74) is 3.10. The summed E-state index contributed by atoms with van der Waals surface area (Å²) in [6.07, 6.45) is 5.50. The maximum absolute atomic E-state index is 11.9. The van der Waals surface area contributed by atoms with Crippen molar-refractivity contribution in [3.05, 3.63) is 52.3 Å². The Bertz CT molecular complexity index is 825. The number of benzene rings is 1. The van der Waals surface area contributed by atoms with Gasteiger partial charge in [-0.2, -0.15) is 5.10 Å². The molecule has 1 amide bonds. The van der Waals surface area contributed by atoms with Crippen LogP contribution < -0.4 is 5.43 Å². The van der Waals surface area contributed by atoms with Crippen LogP contribution in [-0.2, 0) is 4.79 Å². The van der Waals surface area contributed by atoms with Crippen molar-refractivity contribution in [2.45, 2.75) is 25.7 Å². The molecule has 1 aromatic heterocycles. The van der Waals surface area contributed by atoms with Gasteiger partial charge in [0, 0.05) is 30.7 Å². The van der Waals surface area contributed by atoms with Gasteiger partial charge in [0.2, 0.25) is 5.91 Å². The number of nitrogens with one attached hydrogen (secondary N) is 1. The van der Waals surface area contributed by atoms with E-state index in [1.54, 1.807) is 24.3 Å². The Morgan fingerprint density at radius 2 is 2.07 bits per heavy atom. The van der Waals surface area contributed by atoms with Crippen molar-refractivity contribution in [3.63, 3.8) is 0 Å². The average molecular weight is 370 g/mol. The molecule has 27 heavy (non-hydrogen) atoms. The summed E-state index contributed by atoms with van der Waals surface area (Å²) in [6.45, 7) is 2.87. The van der Waals surface area contributed by atoms with Crippen molar-refractivity contribution >= 4 is 17.8 Å². The molecular weight excluding hydrogens is 348 g/mol. The summed E-state index contributed by atoms with van der Waals surface area (Å²) in [5, 5.41) is 14.8. The second-order valence-corrected chi connectivity index (χ2v) is 6.45. The highest BCUT2D eigenvalue weighted by Gasteiger charge is 2.12. The topological polar surface area (TPSA) is 101 Å². The van der Waals surface area contributed by atoms with Gasteiger partial charge in [0.1, 0.15) is 11.5 Å². The van der Waals surface area contributed by atoms with E-state index in [2.05, 4.69) is 15.4 Å². The molecule has 3 rings (SSSR count). The lowest BCUT2D eigenvalue weighted by atomic mass is 10.1. The normalized spacial score (nSPS) is 15.1. The van der Waals surface area contributed by atoms with Crippen molar-refractivity contribution in [3.8, 4) is 11.3 Å². The predicted octanol–water partition coefficient (Wildman–Crippen LogP) is 3.18. The lowest BCUT2D eigenvalue weighted by Gasteiger charge is -2.25. The molecule has 0 bridgehead atoms. The lowest BCUT2D eigenvalue weighted by Crippen LogP contribution is -2.33. The third kappa shape index (κ3) is 5.49. The quantitative estimate of drug-likeness (QED) is 0.458. The summed E-state index contributed by atoms with van der Waals surface area (Å²) in [4.78, 5) is 24.6. The van der Waals surface area contributed by atoms with Crippen molar-refractivity contribution in [2.24, 2.45) is 5.10 Å². The first kappa shape index (κ1) is 18.8. The molecule has 1 saturated heterocycles. The fraction of sp³-hybridized carbons (Fsp3) is 0.368. The van der Waals surface area contributed by atoms with Gasteiger partial charge in [-0.05, 0) is 38.1 Å². The lowest BCUT2D eigenvalue weighted by molar-refractivity contribution is -0.384. The van der Waals surface area contributed by atoms with Crippen LogP contribution >= 0.6 is 0 Å². The maximum atomic E-state index is 11.9. The fourth-order valence-electron chi connectivity index (χ4n) is 3.02. The molecular formula is C19H22N4O4. The van der Waals surface area contributed by atoms with Crippen molar-refractivity contribution in [1.29, 1.82) is 0 Å². The molecule has 1 aromatic carbocycles. The van der Waals surface area contributed by atoms with Crippen LogP contribution in [0.5, 0.6) is 0 Å². The van der Waals surface area contributed by atoms with Crippen molar-refractivity contribution in [1.82, 2.24) is 10.3 Å². The number of nitro benzene ring substituents is 1. The molecule has 8 heteroatoms. The van der Waals surface area contributed by atoms with E-state index in [-0.39, 0.29) is 11.6 Å². The minimum atomic E-state index is -0.450. The fourth-order valence-corrected chi connectivity index (χ4v) is 3.02. The molecule has 142 valence electrons. The highest BCUT2D eigenvalue weighted by molar-refractivity contribution is 5.81. The number of furan rings is 1. The number of non-ortho nitro benzene ring substituents is 1. The zero-order valence-corrected chi connectivity index (χ0v) is 15.0. The second-order valence-electron chi connectivity index (χ2n) is 6.45.